The third-order valence-electron chi connectivity index (χ3n) is 3.75. The van der Waals surface area contributed by atoms with Crippen LogP contribution < -0.4 is 14.9 Å². The minimum Gasteiger partial charge on any atom is -0.495 e. The molecule has 0 unspecified atom stereocenters. The lowest BCUT2D eigenvalue weighted by Gasteiger charge is -2.18. The Balaban J connectivity index is 2.73. The summed E-state index contributed by atoms with van der Waals surface area (Å²) in [4.78, 5) is 12.9. The van der Waals surface area contributed by atoms with Gasteiger partial charge >= 0.3 is 0 Å². The molecule has 4 nitrogen and oxygen atoms in total. The van der Waals surface area contributed by atoms with Crippen LogP contribution in [0.25, 0.3) is 21.8 Å². The summed E-state index contributed by atoms with van der Waals surface area (Å²) in [5, 5.41) is 1.17. The third kappa shape index (κ3) is 1.97. The summed E-state index contributed by atoms with van der Waals surface area (Å²) >= 11 is 7.02. The van der Waals surface area contributed by atoms with Gasteiger partial charge < -0.3 is 14.0 Å². The van der Waals surface area contributed by atoms with Gasteiger partial charge in [-0.3, -0.25) is 4.79 Å². The van der Waals surface area contributed by atoms with Crippen LogP contribution in [0.1, 0.15) is 0 Å². The highest BCUT2D eigenvalue weighted by Gasteiger charge is 2.23. The third-order valence-corrected chi connectivity index (χ3v) is 5.21. The molecule has 0 saturated heterocycles. The summed E-state index contributed by atoms with van der Waals surface area (Å²) in [6.07, 6.45) is 0. The van der Waals surface area contributed by atoms with E-state index in [9.17, 15) is 4.79 Å². The number of hydrogen-bond acceptors (Lipinski definition) is 3. The second-order valence-corrected chi connectivity index (χ2v) is 6.41. The van der Waals surface area contributed by atoms with Crippen LogP contribution in [0.4, 0.5) is 0 Å². The van der Waals surface area contributed by atoms with Crippen LogP contribution in [0.3, 0.4) is 0 Å². The Kier molecular flexibility index (Phi) is 3.91. The van der Waals surface area contributed by atoms with Gasteiger partial charge in [-0.2, -0.15) is 0 Å². The topological polar surface area (TPSA) is 40.5 Å². The predicted molar refractivity (Wildman–Crippen MR) is 95.2 cm³/mol. The first-order chi connectivity index (χ1) is 10.5. The van der Waals surface area contributed by atoms with Gasteiger partial charge in [-0.05, 0) is 44.0 Å². The molecule has 114 valence electrons. The van der Waals surface area contributed by atoms with Crippen LogP contribution >= 0.6 is 31.9 Å². The summed E-state index contributed by atoms with van der Waals surface area (Å²) in [5.74, 6) is 1.07. The molecule has 0 bridgehead atoms. The van der Waals surface area contributed by atoms with E-state index in [1.165, 1.54) is 0 Å². The average Bonchev–Trinajstić information content (AvgIpc) is 2.52. The van der Waals surface area contributed by atoms with Gasteiger partial charge in [0.25, 0.3) is 0 Å². The number of fused-ring (bicyclic) bond motifs is 2. The van der Waals surface area contributed by atoms with Gasteiger partial charge in [0, 0.05) is 12.4 Å². The van der Waals surface area contributed by atoms with Crippen LogP contribution in [0.2, 0.25) is 0 Å². The first kappa shape index (κ1) is 15.4. The van der Waals surface area contributed by atoms with Crippen LogP contribution in [-0.2, 0) is 7.05 Å². The lowest BCUT2D eigenvalue weighted by Crippen LogP contribution is -2.11. The summed E-state index contributed by atoms with van der Waals surface area (Å²) in [6.45, 7) is 0. The van der Waals surface area contributed by atoms with Gasteiger partial charge in [-0.25, -0.2) is 0 Å². The van der Waals surface area contributed by atoms with Gasteiger partial charge in [0.15, 0.2) is 5.75 Å². The summed E-state index contributed by atoms with van der Waals surface area (Å²) in [5.41, 5.74) is 1.53. The van der Waals surface area contributed by atoms with Gasteiger partial charge in [-0.15, -0.1) is 0 Å². The predicted octanol–water partition coefficient (Wildman–Crippen LogP) is 4.23. The fourth-order valence-corrected chi connectivity index (χ4v) is 4.55. The number of pyridine rings is 1. The molecule has 0 aliphatic carbocycles. The number of ether oxygens (including phenoxy) is 2. The normalized spacial score (nSPS) is 11.1. The highest BCUT2D eigenvalue weighted by atomic mass is 79.9. The largest absolute Gasteiger partial charge is 0.495 e. The van der Waals surface area contributed by atoms with E-state index in [0.717, 1.165) is 11.0 Å². The standard InChI is InChI=1S/C16H13Br2NO3/c1-19-9-7-5-4-6-8(9)14(20)10-13(19)11(17)16(22-3)12(18)15(10)21-2/h4-7H,1-3H3. The molecule has 0 aliphatic rings. The second kappa shape index (κ2) is 5.59. The van der Waals surface area contributed by atoms with E-state index >= 15 is 0 Å². The van der Waals surface area contributed by atoms with Crippen LogP contribution in [0.5, 0.6) is 11.5 Å². The number of rotatable bonds is 2. The van der Waals surface area contributed by atoms with Crippen LogP contribution in [-0.4, -0.2) is 18.8 Å². The maximum absolute atomic E-state index is 12.9. The number of benzene rings is 2. The number of aromatic nitrogens is 1. The Hall–Kier alpha value is -1.53. The number of halogens is 2. The van der Waals surface area contributed by atoms with Crippen molar-refractivity contribution in [2.75, 3.05) is 14.2 Å². The van der Waals surface area contributed by atoms with Crippen molar-refractivity contribution in [3.8, 4) is 11.5 Å². The molecule has 22 heavy (non-hydrogen) atoms. The molecular weight excluding hydrogens is 414 g/mol. The number of para-hydroxylation sites is 1. The minimum atomic E-state index is -0.0652. The molecule has 0 spiro atoms. The Labute approximate surface area is 143 Å². The molecule has 0 amide bonds. The molecule has 1 aromatic heterocycles. The van der Waals surface area contributed by atoms with E-state index in [4.69, 9.17) is 9.47 Å². The van der Waals surface area contributed by atoms with Crippen molar-refractivity contribution in [3.63, 3.8) is 0 Å². The monoisotopic (exact) mass is 425 g/mol. The lowest BCUT2D eigenvalue weighted by atomic mass is 10.1. The van der Waals surface area contributed by atoms with Crippen molar-refractivity contribution in [3.05, 3.63) is 43.4 Å². The average molecular weight is 427 g/mol. The molecule has 1 heterocycles. The Morgan fingerprint density at radius 1 is 1.00 bits per heavy atom. The quantitative estimate of drug-likeness (QED) is 0.575. The Bertz CT molecular complexity index is 963. The smallest absolute Gasteiger partial charge is 0.201 e. The van der Waals surface area contributed by atoms with Crippen molar-refractivity contribution in [1.29, 1.82) is 0 Å². The Morgan fingerprint density at radius 2 is 1.64 bits per heavy atom. The first-order valence-electron chi connectivity index (χ1n) is 6.53. The highest BCUT2D eigenvalue weighted by Crippen LogP contribution is 2.46. The first-order valence-corrected chi connectivity index (χ1v) is 8.11. The van der Waals surface area contributed by atoms with Gasteiger partial charge in [0.2, 0.25) is 5.43 Å². The second-order valence-electron chi connectivity index (χ2n) is 4.82. The maximum Gasteiger partial charge on any atom is 0.201 e. The van der Waals surface area contributed by atoms with Crippen molar-refractivity contribution >= 4 is 53.7 Å². The van der Waals surface area contributed by atoms with Crippen molar-refractivity contribution in [2.45, 2.75) is 0 Å². The van der Waals surface area contributed by atoms with E-state index in [0.29, 0.717) is 31.2 Å². The molecule has 0 N–H and O–H groups in total. The number of nitrogens with zero attached hydrogens (tertiary/aromatic N) is 1. The zero-order chi connectivity index (χ0) is 16.0. The molecule has 0 saturated carbocycles. The van der Waals surface area contributed by atoms with Crippen molar-refractivity contribution in [1.82, 2.24) is 4.57 Å². The molecule has 0 aliphatic heterocycles. The van der Waals surface area contributed by atoms with Crippen LogP contribution in [0.15, 0.2) is 38.0 Å². The molecule has 3 rings (SSSR count). The lowest BCUT2D eigenvalue weighted by molar-refractivity contribution is 0.391. The number of aryl methyl sites for hydroxylation is 1. The van der Waals surface area contributed by atoms with Gasteiger partial charge in [0.1, 0.15) is 10.2 Å². The number of methoxy groups -OCH3 is 2. The Morgan fingerprint density at radius 3 is 2.27 bits per heavy atom. The van der Waals surface area contributed by atoms with Gasteiger partial charge in [0.05, 0.1) is 35.1 Å². The fourth-order valence-electron chi connectivity index (χ4n) is 2.74. The van der Waals surface area contributed by atoms with E-state index in [2.05, 4.69) is 31.9 Å². The molecule has 6 heteroatoms. The van der Waals surface area contributed by atoms with E-state index in [1.54, 1.807) is 14.2 Å². The van der Waals surface area contributed by atoms with E-state index < -0.39 is 0 Å². The summed E-state index contributed by atoms with van der Waals surface area (Å²) in [6, 6.07) is 7.51. The SMILES string of the molecule is COc1c(Br)c(OC)c2c(=O)c3ccccc3n(C)c2c1Br. The molecule has 2 aromatic carbocycles. The van der Waals surface area contributed by atoms with Gasteiger partial charge in [-0.1, -0.05) is 12.1 Å². The highest BCUT2D eigenvalue weighted by molar-refractivity contribution is 9.11. The molecule has 0 fully saturated rings. The van der Waals surface area contributed by atoms with E-state index in [1.807, 2.05) is 35.9 Å². The molecule has 0 atom stereocenters. The van der Waals surface area contributed by atoms with Crippen LogP contribution in [0, 0.1) is 0 Å². The summed E-state index contributed by atoms with van der Waals surface area (Å²) < 4.78 is 14.2. The summed E-state index contributed by atoms with van der Waals surface area (Å²) in [7, 11) is 5.04. The fraction of sp³-hybridized carbons (Fsp3) is 0.188. The van der Waals surface area contributed by atoms with Crippen molar-refractivity contribution < 1.29 is 9.47 Å². The molecule has 3 aromatic rings. The van der Waals surface area contributed by atoms with E-state index in [-0.39, 0.29) is 5.43 Å². The molecular formula is C16H13Br2NO3. The zero-order valence-corrected chi connectivity index (χ0v) is 15.4. The molecule has 0 radical (unpaired) electrons. The van der Waals surface area contributed by atoms with Crippen molar-refractivity contribution in [2.24, 2.45) is 7.05 Å². The zero-order valence-electron chi connectivity index (χ0n) is 12.2. The maximum atomic E-state index is 12.9. The number of hydrogen-bond donors (Lipinski definition) is 0. The minimum absolute atomic E-state index is 0.0652.